The molecule has 0 heterocycles. The first-order valence-electron chi connectivity index (χ1n) is 7.48. The Bertz CT molecular complexity index is 760. The smallest absolute Gasteiger partial charge is 0.402 e. The summed E-state index contributed by atoms with van der Waals surface area (Å²) in [6, 6.07) is 1.57. The number of fused-ring (bicyclic) bond motifs is 1. The lowest BCUT2D eigenvalue weighted by Gasteiger charge is -2.16. The van der Waals surface area contributed by atoms with Gasteiger partial charge in [-0.05, 0) is 49.1 Å². The first-order valence-corrected chi connectivity index (χ1v) is 8.89. The zero-order chi connectivity index (χ0) is 19.8. The summed E-state index contributed by atoms with van der Waals surface area (Å²) in [6.45, 7) is 2.56. The third-order valence-corrected chi connectivity index (χ3v) is 4.56. The monoisotopic (exact) mass is 407 g/mol. The molecule has 0 saturated heterocycles. The Hall–Kier alpha value is -1.69. The second-order valence-corrected chi connectivity index (χ2v) is 7.20. The van der Waals surface area contributed by atoms with Crippen LogP contribution in [0.5, 0.6) is 11.5 Å². The minimum absolute atomic E-state index is 0.127. The number of hydrogen-bond donors (Lipinski definition) is 1. The molecule has 148 valence electrons. The van der Waals surface area contributed by atoms with Crippen molar-refractivity contribution < 1.29 is 43.7 Å². The lowest BCUT2D eigenvalue weighted by molar-refractivity contribution is -0.275. The van der Waals surface area contributed by atoms with E-state index < -0.39 is 33.5 Å². The minimum atomic E-state index is -6.14. The van der Waals surface area contributed by atoms with Crippen LogP contribution in [0.15, 0.2) is 12.1 Å². The molecule has 1 aromatic carbocycles. The van der Waals surface area contributed by atoms with E-state index in [-0.39, 0.29) is 6.04 Å². The van der Waals surface area contributed by atoms with Crippen LogP contribution in [0.2, 0.25) is 0 Å². The Morgan fingerprint density at radius 1 is 1.08 bits per heavy atom. The van der Waals surface area contributed by atoms with E-state index in [4.69, 9.17) is 0 Å². The van der Waals surface area contributed by atoms with Crippen LogP contribution in [-0.4, -0.2) is 32.9 Å². The fourth-order valence-corrected chi connectivity index (χ4v) is 3.02. The normalized spacial score (nSPS) is 17.9. The van der Waals surface area contributed by atoms with E-state index in [1.165, 1.54) is 0 Å². The molecule has 0 aromatic heterocycles. The van der Waals surface area contributed by atoms with E-state index in [1.807, 2.05) is 6.92 Å². The Morgan fingerprint density at radius 2 is 1.62 bits per heavy atom. The quantitative estimate of drug-likeness (QED) is 0.446. The van der Waals surface area contributed by atoms with Crippen molar-refractivity contribution in [2.24, 2.45) is 0 Å². The molecule has 26 heavy (non-hydrogen) atoms. The standard InChI is InChI=1S/C14H15F6NO4S/c1-2-3-21-10-4-8-6-11(24-13(15,16)17)12(7-9(8)5-10)25-26(22,23)14(18,19)20/h6-7,10,21H,2-5H2,1H3. The highest BCUT2D eigenvalue weighted by Gasteiger charge is 2.49. The van der Waals surface area contributed by atoms with Crippen molar-refractivity contribution >= 4 is 10.1 Å². The summed E-state index contributed by atoms with van der Waals surface area (Å²) >= 11 is 0. The molecule has 1 aromatic rings. The van der Waals surface area contributed by atoms with Gasteiger partial charge in [0, 0.05) is 6.04 Å². The minimum Gasteiger partial charge on any atom is -0.402 e. The number of ether oxygens (including phenoxy) is 1. The Labute approximate surface area is 145 Å². The highest BCUT2D eigenvalue weighted by molar-refractivity contribution is 7.88. The number of halogens is 6. The predicted octanol–water partition coefficient (Wildman–Crippen LogP) is 3.28. The van der Waals surface area contributed by atoms with Crippen molar-refractivity contribution in [2.75, 3.05) is 6.54 Å². The molecule has 1 aliphatic carbocycles. The second kappa shape index (κ2) is 7.14. The highest BCUT2D eigenvalue weighted by atomic mass is 32.2. The van der Waals surface area contributed by atoms with Gasteiger partial charge in [0.05, 0.1) is 0 Å². The van der Waals surface area contributed by atoms with Crippen molar-refractivity contribution in [3.05, 3.63) is 23.3 Å². The molecule has 0 spiro atoms. The first kappa shape index (κ1) is 20.6. The van der Waals surface area contributed by atoms with Gasteiger partial charge in [0.15, 0.2) is 11.5 Å². The summed E-state index contributed by atoms with van der Waals surface area (Å²) in [6.07, 6.45) is -3.78. The van der Waals surface area contributed by atoms with Crippen LogP contribution < -0.4 is 14.2 Å². The molecule has 0 saturated carbocycles. The van der Waals surface area contributed by atoms with Crippen molar-refractivity contribution in [3.63, 3.8) is 0 Å². The number of rotatable bonds is 6. The molecule has 2 rings (SSSR count). The van der Waals surface area contributed by atoms with Crippen LogP contribution in [0.3, 0.4) is 0 Å². The van der Waals surface area contributed by atoms with E-state index in [0.717, 1.165) is 18.6 Å². The Balaban J connectivity index is 2.38. The molecular formula is C14H15F6NO4S. The maximum Gasteiger partial charge on any atom is 0.573 e. The molecule has 1 atom stereocenters. The SMILES string of the molecule is CCCNC1Cc2cc(OC(F)(F)F)c(OS(=O)(=O)C(F)(F)F)cc2C1. The molecule has 12 heteroatoms. The number of hydrogen-bond acceptors (Lipinski definition) is 5. The Morgan fingerprint density at radius 3 is 2.08 bits per heavy atom. The third kappa shape index (κ3) is 4.93. The third-order valence-electron chi connectivity index (χ3n) is 3.59. The molecule has 1 aliphatic rings. The molecule has 1 N–H and O–H groups in total. The van der Waals surface area contributed by atoms with Gasteiger partial charge in [0.25, 0.3) is 0 Å². The molecular weight excluding hydrogens is 392 g/mol. The summed E-state index contributed by atoms with van der Waals surface area (Å²) < 4.78 is 105. The molecule has 5 nitrogen and oxygen atoms in total. The summed E-state index contributed by atoms with van der Waals surface area (Å²) in [5, 5.41) is 3.14. The summed E-state index contributed by atoms with van der Waals surface area (Å²) in [5.74, 6) is -2.30. The molecule has 0 amide bonds. The van der Waals surface area contributed by atoms with E-state index in [2.05, 4.69) is 14.2 Å². The van der Waals surface area contributed by atoms with Gasteiger partial charge < -0.3 is 14.2 Å². The van der Waals surface area contributed by atoms with Gasteiger partial charge in [0.2, 0.25) is 0 Å². The zero-order valence-corrected chi connectivity index (χ0v) is 14.2. The number of nitrogens with one attached hydrogen (secondary N) is 1. The summed E-state index contributed by atoms with van der Waals surface area (Å²) in [5.41, 5.74) is -4.98. The van der Waals surface area contributed by atoms with Crippen LogP contribution in [0, 0.1) is 0 Å². The average Bonchev–Trinajstić information content (AvgIpc) is 2.84. The molecule has 0 radical (unpaired) electrons. The van der Waals surface area contributed by atoms with Crippen molar-refractivity contribution in [3.8, 4) is 11.5 Å². The van der Waals surface area contributed by atoms with Crippen molar-refractivity contribution in [1.82, 2.24) is 5.32 Å². The maximum atomic E-state index is 12.5. The van der Waals surface area contributed by atoms with Crippen LogP contribution in [-0.2, 0) is 23.0 Å². The van der Waals surface area contributed by atoms with E-state index >= 15 is 0 Å². The summed E-state index contributed by atoms with van der Waals surface area (Å²) in [4.78, 5) is 0. The number of alkyl halides is 6. The largest absolute Gasteiger partial charge is 0.573 e. The van der Waals surface area contributed by atoms with Gasteiger partial charge in [-0.2, -0.15) is 21.6 Å². The summed E-state index contributed by atoms with van der Waals surface area (Å²) in [7, 11) is -6.14. The van der Waals surface area contributed by atoms with Crippen molar-refractivity contribution in [1.29, 1.82) is 0 Å². The van der Waals surface area contributed by atoms with Gasteiger partial charge in [-0.1, -0.05) is 6.92 Å². The zero-order valence-electron chi connectivity index (χ0n) is 13.4. The van der Waals surface area contributed by atoms with Gasteiger partial charge in [-0.25, -0.2) is 0 Å². The van der Waals surface area contributed by atoms with E-state index in [9.17, 15) is 34.8 Å². The molecule has 1 unspecified atom stereocenters. The molecule has 0 bridgehead atoms. The Kier molecular flexibility index (Phi) is 5.66. The lowest BCUT2D eigenvalue weighted by atomic mass is 10.1. The highest BCUT2D eigenvalue weighted by Crippen LogP contribution is 2.40. The molecule has 0 aliphatic heterocycles. The second-order valence-electron chi connectivity index (χ2n) is 5.66. The van der Waals surface area contributed by atoms with E-state index in [1.54, 1.807) is 0 Å². The first-order chi connectivity index (χ1) is 11.8. The van der Waals surface area contributed by atoms with Crippen molar-refractivity contribution in [2.45, 2.75) is 44.1 Å². The fourth-order valence-electron chi connectivity index (χ4n) is 2.56. The lowest BCUT2D eigenvalue weighted by Crippen LogP contribution is -2.30. The molecule has 0 fully saturated rings. The number of benzene rings is 1. The van der Waals surface area contributed by atoms with Crippen LogP contribution >= 0.6 is 0 Å². The topological polar surface area (TPSA) is 64.6 Å². The average molecular weight is 407 g/mol. The predicted molar refractivity (Wildman–Crippen MR) is 78.2 cm³/mol. The van der Waals surface area contributed by atoms with Gasteiger partial charge >= 0.3 is 22.0 Å². The van der Waals surface area contributed by atoms with Gasteiger partial charge in [-0.3, -0.25) is 0 Å². The van der Waals surface area contributed by atoms with Crippen LogP contribution in [0.25, 0.3) is 0 Å². The fraction of sp³-hybridized carbons (Fsp3) is 0.571. The van der Waals surface area contributed by atoms with Crippen LogP contribution in [0.1, 0.15) is 24.5 Å². The van der Waals surface area contributed by atoms with Crippen LogP contribution in [0.4, 0.5) is 26.3 Å². The van der Waals surface area contributed by atoms with E-state index in [0.29, 0.717) is 30.5 Å². The maximum absolute atomic E-state index is 12.5. The van der Waals surface area contributed by atoms with Gasteiger partial charge in [0.1, 0.15) is 0 Å². The van der Waals surface area contributed by atoms with Gasteiger partial charge in [-0.15, -0.1) is 13.2 Å².